The minimum atomic E-state index is -0.363. The molecule has 6 heteroatoms. The minimum Gasteiger partial charge on any atom is -0.339 e. The summed E-state index contributed by atoms with van der Waals surface area (Å²) in [7, 11) is 0. The Labute approximate surface area is 164 Å². The maximum atomic E-state index is 12.3. The van der Waals surface area contributed by atoms with Gasteiger partial charge in [-0.2, -0.15) is 5.26 Å². The average molecular weight is 371 g/mol. The number of rotatable bonds is 4. The summed E-state index contributed by atoms with van der Waals surface area (Å²) in [6.07, 6.45) is 0. The van der Waals surface area contributed by atoms with E-state index in [-0.39, 0.29) is 17.0 Å². The third kappa shape index (κ3) is 4.71. The van der Waals surface area contributed by atoms with Crippen molar-refractivity contribution in [3.05, 3.63) is 77.5 Å². The van der Waals surface area contributed by atoms with E-state index >= 15 is 0 Å². The van der Waals surface area contributed by atoms with Crippen LogP contribution in [-0.4, -0.2) is 16.1 Å². The molecule has 6 nitrogen and oxygen atoms in total. The van der Waals surface area contributed by atoms with E-state index in [2.05, 4.69) is 53.7 Å². The lowest BCUT2D eigenvalue weighted by Gasteiger charge is -2.19. The molecule has 0 saturated carbocycles. The van der Waals surface area contributed by atoms with Gasteiger partial charge in [0.25, 0.3) is 5.91 Å². The first-order chi connectivity index (χ1) is 13.3. The zero-order valence-electron chi connectivity index (χ0n) is 16.0. The Morgan fingerprint density at radius 3 is 2.07 bits per heavy atom. The van der Waals surface area contributed by atoms with Crippen LogP contribution in [0.3, 0.4) is 0 Å². The lowest BCUT2D eigenvalue weighted by Crippen LogP contribution is -2.14. The van der Waals surface area contributed by atoms with Crippen molar-refractivity contribution in [2.45, 2.75) is 26.2 Å². The van der Waals surface area contributed by atoms with Crippen LogP contribution in [0.15, 0.2) is 60.7 Å². The molecule has 0 unspecified atom stereocenters. The van der Waals surface area contributed by atoms with Gasteiger partial charge in [-0.15, -0.1) is 10.2 Å². The quantitative estimate of drug-likeness (QED) is 0.697. The van der Waals surface area contributed by atoms with E-state index in [4.69, 9.17) is 5.26 Å². The van der Waals surface area contributed by atoms with Gasteiger partial charge in [0.2, 0.25) is 0 Å². The average Bonchev–Trinajstić information content (AvgIpc) is 2.69. The molecule has 1 aromatic heterocycles. The standard InChI is InChI=1S/C22H21N5O/c1-22(2,3)16-6-10-17(11-7-16)24-20-13-12-19(26-27-20)21(28)25-18-8-4-15(14-23)5-9-18/h4-13H,1-3H3,(H,24,27)(H,25,28). The van der Waals surface area contributed by atoms with Gasteiger partial charge in [0.15, 0.2) is 11.5 Å². The highest BCUT2D eigenvalue weighted by Gasteiger charge is 2.13. The number of benzene rings is 2. The Hall–Kier alpha value is -3.72. The molecule has 0 saturated heterocycles. The Balaban J connectivity index is 1.64. The number of aromatic nitrogens is 2. The molecule has 0 atom stereocenters. The molecule has 0 spiro atoms. The van der Waals surface area contributed by atoms with Gasteiger partial charge in [-0.05, 0) is 59.5 Å². The first kappa shape index (κ1) is 19.1. The summed E-state index contributed by atoms with van der Waals surface area (Å²) < 4.78 is 0. The summed E-state index contributed by atoms with van der Waals surface area (Å²) in [6, 6.07) is 20.1. The number of hydrogen-bond acceptors (Lipinski definition) is 5. The van der Waals surface area contributed by atoms with Crippen molar-refractivity contribution in [3.8, 4) is 6.07 Å². The van der Waals surface area contributed by atoms with Crippen LogP contribution in [0.4, 0.5) is 17.2 Å². The number of carbonyl (C=O) groups is 1. The van der Waals surface area contributed by atoms with E-state index in [1.807, 2.05) is 18.2 Å². The monoisotopic (exact) mass is 371 g/mol. The maximum Gasteiger partial charge on any atom is 0.276 e. The van der Waals surface area contributed by atoms with Gasteiger partial charge in [0.1, 0.15) is 0 Å². The Kier molecular flexibility index (Phi) is 5.37. The Morgan fingerprint density at radius 1 is 0.893 bits per heavy atom. The maximum absolute atomic E-state index is 12.3. The molecule has 28 heavy (non-hydrogen) atoms. The summed E-state index contributed by atoms with van der Waals surface area (Å²) >= 11 is 0. The molecule has 1 heterocycles. The number of amides is 1. The van der Waals surface area contributed by atoms with Gasteiger partial charge in [-0.3, -0.25) is 4.79 Å². The van der Waals surface area contributed by atoms with E-state index in [1.165, 1.54) is 5.56 Å². The second kappa shape index (κ2) is 7.89. The Bertz CT molecular complexity index is 995. The molecule has 3 rings (SSSR count). The van der Waals surface area contributed by atoms with Crippen molar-refractivity contribution in [3.63, 3.8) is 0 Å². The van der Waals surface area contributed by atoms with Crippen molar-refractivity contribution in [2.24, 2.45) is 0 Å². The second-order valence-corrected chi connectivity index (χ2v) is 7.40. The Morgan fingerprint density at radius 2 is 1.54 bits per heavy atom. The predicted octanol–water partition coefficient (Wildman–Crippen LogP) is 4.64. The van der Waals surface area contributed by atoms with Crippen LogP contribution in [0.25, 0.3) is 0 Å². The number of anilines is 3. The summed E-state index contributed by atoms with van der Waals surface area (Å²) in [4.78, 5) is 12.3. The molecule has 3 aromatic rings. The van der Waals surface area contributed by atoms with Gasteiger partial charge in [0, 0.05) is 11.4 Å². The third-order valence-corrected chi connectivity index (χ3v) is 4.19. The van der Waals surface area contributed by atoms with E-state index in [1.54, 1.807) is 36.4 Å². The second-order valence-electron chi connectivity index (χ2n) is 7.40. The first-order valence-electron chi connectivity index (χ1n) is 8.88. The van der Waals surface area contributed by atoms with Gasteiger partial charge >= 0.3 is 0 Å². The molecule has 140 valence electrons. The topological polar surface area (TPSA) is 90.7 Å². The van der Waals surface area contributed by atoms with Crippen LogP contribution in [0.1, 0.15) is 42.4 Å². The van der Waals surface area contributed by atoms with Crippen molar-refractivity contribution >= 4 is 23.1 Å². The molecule has 0 fully saturated rings. The highest BCUT2D eigenvalue weighted by molar-refractivity contribution is 6.02. The normalized spacial score (nSPS) is 10.8. The molecular weight excluding hydrogens is 350 g/mol. The van der Waals surface area contributed by atoms with Crippen LogP contribution >= 0.6 is 0 Å². The fourth-order valence-corrected chi connectivity index (χ4v) is 2.54. The number of nitriles is 1. The summed E-state index contributed by atoms with van der Waals surface area (Å²) in [5.74, 6) is 0.191. The molecule has 2 N–H and O–H groups in total. The van der Waals surface area contributed by atoms with Gasteiger partial charge in [-0.25, -0.2) is 0 Å². The van der Waals surface area contributed by atoms with Crippen LogP contribution in [-0.2, 0) is 5.41 Å². The van der Waals surface area contributed by atoms with Crippen molar-refractivity contribution in [2.75, 3.05) is 10.6 Å². The fraction of sp³-hybridized carbons (Fsp3) is 0.182. The first-order valence-corrected chi connectivity index (χ1v) is 8.88. The van der Waals surface area contributed by atoms with E-state index in [9.17, 15) is 4.79 Å². The summed E-state index contributed by atoms with van der Waals surface area (Å²) in [5.41, 5.74) is 3.58. The smallest absolute Gasteiger partial charge is 0.276 e. The minimum absolute atomic E-state index is 0.0995. The largest absolute Gasteiger partial charge is 0.339 e. The van der Waals surface area contributed by atoms with Gasteiger partial charge in [0.05, 0.1) is 11.6 Å². The molecule has 0 aliphatic carbocycles. The highest BCUT2D eigenvalue weighted by atomic mass is 16.1. The number of hydrogen-bond donors (Lipinski definition) is 2. The van der Waals surface area contributed by atoms with Gasteiger partial charge in [-0.1, -0.05) is 32.9 Å². The SMILES string of the molecule is CC(C)(C)c1ccc(Nc2ccc(C(=O)Nc3ccc(C#N)cc3)nn2)cc1. The van der Waals surface area contributed by atoms with E-state index in [0.29, 0.717) is 17.1 Å². The van der Waals surface area contributed by atoms with Crippen LogP contribution in [0.2, 0.25) is 0 Å². The lowest BCUT2D eigenvalue weighted by molar-refractivity contribution is 0.102. The van der Waals surface area contributed by atoms with Crippen LogP contribution in [0.5, 0.6) is 0 Å². The molecule has 0 radical (unpaired) electrons. The molecular formula is C22H21N5O. The summed E-state index contributed by atoms with van der Waals surface area (Å²) in [6.45, 7) is 6.51. The zero-order chi connectivity index (χ0) is 20.1. The van der Waals surface area contributed by atoms with Gasteiger partial charge < -0.3 is 10.6 Å². The molecule has 0 bridgehead atoms. The van der Waals surface area contributed by atoms with Crippen molar-refractivity contribution < 1.29 is 4.79 Å². The molecule has 2 aromatic carbocycles. The number of nitrogens with zero attached hydrogens (tertiary/aromatic N) is 3. The van der Waals surface area contributed by atoms with E-state index < -0.39 is 0 Å². The van der Waals surface area contributed by atoms with Crippen molar-refractivity contribution in [1.82, 2.24) is 10.2 Å². The molecule has 0 aliphatic heterocycles. The fourth-order valence-electron chi connectivity index (χ4n) is 2.54. The zero-order valence-corrected chi connectivity index (χ0v) is 16.0. The molecule has 1 amide bonds. The molecule has 0 aliphatic rings. The highest BCUT2D eigenvalue weighted by Crippen LogP contribution is 2.24. The number of nitrogens with one attached hydrogen (secondary N) is 2. The van der Waals surface area contributed by atoms with Crippen LogP contribution < -0.4 is 10.6 Å². The lowest BCUT2D eigenvalue weighted by atomic mass is 9.87. The summed E-state index contributed by atoms with van der Waals surface area (Å²) in [5, 5.41) is 22.8. The predicted molar refractivity (Wildman–Crippen MR) is 110 cm³/mol. The van der Waals surface area contributed by atoms with Crippen LogP contribution in [0, 0.1) is 11.3 Å². The van der Waals surface area contributed by atoms with E-state index in [0.717, 1.165) is 5.69 Å². The third-order valence-electron chi connectivity index (χ3n) is 4.19. The van der Waals surface area contributed by atoms with Crippen molar-refractivity contribution in [1.29, 1.82) is 5.26 Å². The number of carbonyl (C=O) groups excluding carboxylic acids is 1.